The summed E-state index contributed by atoms with van der Waals surface area (Å²) in [7, 11) is 3.76. The van der Waals surface area contributed by atoms with E-state index in [1.165, 1.54) is 70.6 Å². The number of fused-ring (bicyclic) bond motifs is 5. The first-order valence-corrected chi connectivity index (χ1v) is 15.6. The highest BCUT2D eigenvalue weighted by Crippen LogP contribution is 2.67. The Kier molecular flexibility index (Phi) is 8.17. The van der Waals surface area contributed by atoms with Gasteiger partial charge in [-0.1, -0.05) is 32.4 Å². The predicted octanol–water partition coefficient (Wildman–Crippen LogP) is 5.57. The maximum atomic E-state index is 11.8. The predicted molar refractivity (Wildman–Crippen MR) is 149 cm³/mol. The summed E-state index contributed by atoms with van der Waals surface area (Å²) in [6.07, 6.45) is 16.2. The Morgan fingerprint density at radius 2 is 2.03 bits per heavy atom. The number of hydrogen-bond donors (Lipinski definition) is 2. The molecule has 5 rings (SSSR count). The van der Waals surface area contributed by atoms with Crippen molar-refractivity contribution in [1.82, 2.24) is 10.2 Å². The molecule has 4 fully saturated rings. The molecule has 1 aliphatic heterocycles. The van der Waals surface area contributed by atoms with Gasteiger partial charge in [0.05, 0.1) is 13.2 Å². The SMILES string of the molecule is COC(=O)CCC(C)C1=CCC2C3CCC4C[C@@H](NCCC5CCCN5C)CC[C@]4(C)C3C[C@@H](O)C12C. The first kappa shape index (κ1) is 27.6. The Morgan fingerprint density at radius 3 is 2.76 bits per heavy atom. The zero-order chi connectivity index (χ0) is 26.4. The Labute approximate surface area is 226 Å². The van der Waals surface area contributed by atoms with Crippen molar-refractivity contribution in [3.05, 3.63) is 11.6 Å². The van der Waals surface area contributed by atoms with Crippen LogP contribution < -0.4 is 5.32 Å². The van der Waals surface area contributed by atoms with Crippen LogP contribution in [0.3, 0.4) is 0 Å². The number of hydrogen-bond acceptors (Lipinski definition) is 5. The van der Waals surface area contributed by atoms with E-state index in [0.29, 0.717) is 35.6 Å². The van der Waals surface area contributed by atoms with Crippen molar-refractivity contribution >= 4 is 5.97 Å². The van der Waals surface area contributed by atoms with Crippen LogP contribution in [0.5, 0.6) is 0 Å². The van der Waals surface area contributed by atoms with Crippen molar-refractivity contribution in [2.24, 2.45) is 40.4 Å². The standard InChI is InChI=1S/C32H54N2O3/c1-21(8-13-30(36)37-5)26-11-12-27-25-10-9-22-19-23(33-17-15-24-7-6-18-34(24)4)14-16-31(22,2)28(25)20-29(35)32(26,27)3/h11,21-25,27-29,33,35H,6-10,12-20H2,1-5H3/t21?,22?,23-,24?,25?,27?,28?,29+,31-,32?/m0/s1. The number of allylic oxidation sites excluding steroid dienone is 1. The van der Waals surface area contributed by atoms with Gasteiger partial charge in [-0.15, -0.1) is 0 Å². The van der Waals surface area contributed by atoms with Crippen LogP contribution in [-0.4, -0.2) is 61.4 Å². The highest BCUT2D eigenvalue weighted by atomic mass is 16.5. The number of ether oxygens (including phenoxy) is 1. The fourth-order valence-corrected chi connectivity index (χ4v) is 10.1. The summed E-state index contributed by atoms with van der Waals surface area (Å²) in [5.74, 6) is 2.90. The molecule has 0 aromatic carbocycles. The maximum absolute atomic E-state index is 11.8. The van der Waals surface area contributed by atoms with Crippen LogP contribution in [0.4, 0.5) is 0 Å². The minimum absolute atomic E-state index is 0.126. The van der Waals surface area contributed by atoms with E-state index in [4.69, 9.17) is 4.74 Å². The average molecular weight is 515 g/mol. The third-order valence-corrected chi connectivity index (χ3v) is 12.5. The molecule has 4 aliphatic carbocycles. The number of carbonyl (C=O) groups excluding carboxylic acids is 1. The van der Waals surface area contributed by atoms with Crippen LogP contribution in [0.1, 0.15) is 97.8 Å². The lowest BCUT2D eigenvalue weighted by Crippen LogP contribution is -2.58. The van der Waals surface area contributed by atoms with Crippen molar-refractivity contribution in [2.75, 3.05) is 27.2 Å². The summed E-state index contributed by atoms with van der Waals surface area (Å²) in [5, 5.41) is 15.7. The molecule has 0 amide bonds. The molecule has 0 bridgehead atoms. The van der Waals surface area contributed by atoms with Crippen molar-refractivity contribution < 1.29 is 14.6 Å². The molecular formula is C32H54N2O3. The number of carbonyl (C=O) groups is 1. The smallest absolute Gasteiger partial charge is 0.305 e. The van der Waals surface area contributed by atoms with Gasteiger partial charge >= 0.3 is 5.97 Å². The highest BCUT2D eigenvalue weighted by Gasteiger charge is 2.61. The van der Waals surface area contributed by atoms with Crippen LogP contribution in [-0.2, 0) is 9.53 Å². The van der Waals surface area contributed by atoms with Crippen LogP contribution in [0, 0.1) is 40.4 Å². The van der Waals surface area contributed by atoms with Crippen LogP contribution in [0.15, 0.2) is 11.6 Å². The lowest BCUT2D eigenvalue weighted by atomic mass is 9.43. The average Bonchev–Trinajstić information content (AvgIpc) is 3.46. The molecule has 5 nitrogen and oxygen atoms in total. The second kappa shape index (κ2) is 10.9. The van der Waals surface area contributed by atoms with Gasteiger partial charge in [0.2, 0.25) is 0 Å². The molecule has 0 aromatic heterocycles. The third-order valence-electron chi connectivity index (χ3n) is 12.5. The number of aliphatic hydroxyl groups is 1. The van der Waals surface area contributed by atoms with E-state index >= 15 is 0 Å². The molecule has 1 heterocycles. The molecule has 1 saturated heterocycles. The van der Waals surface area contributed by atoms with Gasteiger partial charge in [0.15, 0.2) is 0 Å². The van der Waals surface area contributed by atoms with Crippen molar-refractivity contribution in [3.8, 4) is 0 Å². The highest BCUT2D eigenvalue weighted by molar-refractivity contribution is 5.69. The summed E-state index contributed by atoms with van der Waals surface area (Å²) >= 11 is 0. The molecule has 3 saturated carbocycles. The van der Waals surface area contributed by atoms with Gasteiger partial charge in [0, 0.05) is 23.9 Å². The normalized spacial score (nSPS) is 44.5. The second-order valence-electron chi connectivity index (χ2n) is 14.1. The lowest BCUT2D eigenvalue weighted by molar-refractivity contribution is -0.149. The first-order chi connectivity index (χ1) is 17.7. The number of rotatable bonds is 8. The summed E-state index contributed by atoms with van der Waals surface area (Å²) < 4.78 is 4.89. The first-order valence-electron chi connectivity index (χ1n) is 15.6. The number of nitrogens with zero attached hydrogens (tertiary/aromatic N) is 1. The van der Waals surface area contributed by atoms with E-state index in [0.717, 1.165) is 43.7 Å². The van der Waals surface area contributed by atoms with E-state index in [9.17, 15) is 9.90 Å². The molecule has 0 spiro atoms. The van der Waals surface area contributed by atoms with E-state index in [2.05, 4.69) is 44.1 Å². The minimum atomic E-state index is -0.275. The number of methoxy groups -OCH3 is 1. The number of esters is 1. The molecular weight excluding hydrogens is 460 g/mol. The van der Waals surface area contributed by atoms with Crippen molar-refractivity contribution in [2.45, 2.75) is 116 Å². The molecule has 37 heavy (non-hydrogen) atoms. The second-order valence-corrected chi connectivity index (χ2v) is 14.1. The number of likely N-dealkylation sites (tertiary alicyclic amines) is 1. The Morgan fingerprint density at radius 1 is 1.22 bits per heavy atom. The van der Waals surface area contributed by atoms with Gasteiger partial charge in [-0.3, -0.25) is 4.79 Å². The zero-order valence-electron chi connectivity index (χ0n) is 24.3. The molecule has 10 atom stereocenters. The Hall–Kier alpha value is -0.910. The van der Waals surface area contributed by atoms with Crippen LogP contribution in [0.25, 0.3) is 0 Å². The van der Waals surface area contributed by atoms with Gasteiger partial charge in [-0.2, -0.15) is 0 Å². The Bertz CT molecular complexity index is 859. The molecule has 2 N–H and O–H groups in total. The quantitative estimate of drug-likeness (QED) is 0.328. The molecule has 5 aliphatic rings. The maximum Gasteiger partial charge on any atom is 0.305 e. The van der Waals surface area contributed by atoms with Crippen molar-refractivity contribution in [3.63, 3.8) is 0 Å². The van der Waals surface area contributed by atoms with Gasteiger partial charge in [-0.05, 0) is 126 Å². The van der Waals surface area contributed by atoms with E-state index in [1.807, 2.05) is 0 Å². The fourth-order valence-electron chi connectivity index (χ4n) is 10.1. The van der Waals surface area contributed by atoms with Gasteiger partial charge in [0.1, 0.15) is 0 Å². The molecule has 7 unspecified atom stereocenters. The van der Waals surface area contributed by atoms with Crippen molar-refractivity contribution in [1.29, 1.82) is 0 Å². The van der Waals surface area contributed by atoms with Gasteiger partial charge in [-0.25, -0.2) is 0 Å². The summed E-state index contributed by atoms with van der Waals surface area (Å²) in [5.41, 5.74) is 1.65. The van der Waals surface area contributed by atoms with E-state index in [1.54, 1.807) is 0 Å². The Balaban J connectivity index is 1.21. The number of nitrogens with one attached hydrogen (secondary N) is 1. The fraction of sp³-hybridized carbons (Fsp3) is 0.906. The van der Waals surface area contributed by atoms with E-state index in [-0.39, 0.29) is 17.5 Å². The molecule has 5 heteroatoms. The largest absolute Gasteiger partial charge is 0.469 e. The summed E-state index contributed by atoms with van der Waals surface area (Å²) in [4.78, 5) is 14.3. The van der Waals surface area contributed by atoms with E-state index < -0.39 is 0 Å². The molecule has 0 aromatic rings. The lowest BCUT2D eigenvalue weighted by Gasteiger charge is -2.62. The molecule has 0 radical (unpaired) electrons. The topological polar surface area (TPSA) is 61.8 Å². The summed E-state index contributed by atoms with van der Waals surface area (Å²) in [6.45, 7) is 9.63. The zero-order valence-corrected chi connectivity index (χ0v) is 24.3. The third kappa shape index (κ3) is 4.95. The number of aliphatic hydroxyl groups excluding tert-OH is 1. The van der Waals surface area contributed by atoms with Gasteiger partial charge in [0.25, 0.3) is 0 Å². The van der Waals surface area contributed by atoms with Gasteiger partial charge < -0.3 is 20.1 Å². The van der Waals surface area contributed by atoms with Crippen LogP contribution >= 0.6 is 0 Å². The van der Waals surface area contributed by atoms with Crippen LogP contribution in [0.2, 0.25) is 0 Å². The monoisotopic (exact) mass is 514 g/mol. The summed E-state index contributed by atoms with van der Waals surface area (Å²) in [6, 6.07) is 1.46. The molecule has 210 valence electrons. The minimum Gasteiger partial charge on any atom is -0.469 e.